The van der Waals surface area contributed by atoms with Crippen LogP contribution in [-0.2, 0) is 4.79 Å². The molecule has 0 fully saturated rings. The Balaban J connectivity index is 2.16. The zero-order valence-electron chi connectivity index (χ0n) is 16.1. The second kappa shape index (κ2) is 9.71. The molecule has 2 aromatic carbocycles. The average molecular weight is 438 g/mol. The Morgan fingerprint density at radius 2 is 1.66 bits per heavy atom. The van der Waals surface area contributed by atoms with Crippen molar-refractivity contribution in [3.05, 3.63) is 73.8 Å². The van der Waals surface area contributed by atoms with E-state index >= 15 is 0 Å². The Morgan fingerprint density at radius 1 is 1.00 bits per heavy atom. The lowest BCUT2D eigenvalue weighted by molar-refractivity contribution is -0.384. The van der Waals surface area contributed by atoms with Gasteiger partial charge in [0.1, 0.15) is 11.1 Å². The molecule has 0 aromatic heterocycles. The highest BCUT2D eigenvalue weighted by Gasteiger charge is 2.27. The molecule has 2 N–H and O–H groups in total. The van der Waals surface area contributed by atoms with E-state index in [9.17, 15) is 19.7 Å². The number of benzene rings is 2. The summed E-state index contributed by atoms with van der Waals surface area (Å²) in [5.74, 6) is -1.21. The molecule has 0 aliphatic rings. The Hall–Kier alpha value is -2.64. The van der Waals surface area contributed by atoms with E-state index in [1.807, 2.05) is 12.1 Å². The summed E-state index contributed by atoms with van der Waals surface area (Å²) in [5, 5.41) is 17.0. The smallest absolute Gasteiger partial charge is 0.288 e. The first-order valence-corrected chi connectivity index (χ1v) is 9.67. The molecular formula is C20H21Cl2N3O4. The van der Waals surface area contributed by atoms with Crippen LogP contribution in [-0.4, -0.2) is 22.8 Å². The van der Waals surface area contributed by atoms with E-state index in [0.29, 0.717) is 5.02 Å². The van der Waals surface area contributed by atoms with Gasteiger partial charge in [-0.3, -0.25) is 19.7 Å². The lowest BCUT2D eigenvalue weighted by Gasteiger charge is -2.24. The number of carbonyl (C=O) groups excluding carboxylic acids is 2. The topological polar surface area (TPSA) is 101 Å². The van der Waals surface area contributed by atoms with Gasteiger partial charge >= 0.3 is 0 Å². The van der Waals surface area contributed by atoms with Crippen molar-refractivity contribution >= 4 is 40.7 Å². The third-order valence-electron chi connectivity index (χ3n) is 4.37. The van der Waals surface area contributed by atoms with Gasteiger partial charge in [0.2, 0.25) is 5.91 Å². The number of rotatable bonds is 7. The van der Waals surface area contributed by atoms with E-state index in [-0.39, 0.29) is 34.1 Å². The van der Waals surface area contributed by atoms with Crippen molar-refractivity contribution in [2.75, 3.05) is 0 Å². The van der Waals surface area contributed by atoms with Gasteiger partial charge in [0.25, 0.3) is 11.6 Å². The number of halogens is 2. The highest BCUT2D eigenvalue weighted by atomic mass is 35.5. The Kier molecular flexibility index (Phi) is 7.59. The maximum Gasteiger partial charge on any atom is 0.288 e. The molecule has 2 atom stereocenters. The van der Waals surface area contributed by atoms with Gasteiger partial charge in [0.05, 0.1) is 11.0 Å². The quantitative estimate of drug-likeness (QED) is 0.490. The van der Waals surface area contributed by atoms with Crippen molar-refractivity contribution in [2.24, 2.45) is 5.92 Å². The molecule has 0 spiro atoms. The van der Waals surface area contributed by atoms with Gasteiger partial charge in [-0.2, -0.15) is 0 Å². The first-order chi connectivity index (χ1) is 13.6. The number of amides is 2. The summed E-state index contributed by atoms with van der Waals surface area (Å²) in [6.07, 6.45) is 0. The number of nitro benzene ring substituents is 1. The predicted octanol–water partition coefficient (Wildman–Crippen LogP) is 4.53. The number of hydrogen-bond donors (Lipinski definition) is 2. The monoisotopic (exact) mass is 437 g/mol. The molecule has 1 unspecified atom stereocenters. The van der Waals surface area contributed by atoms with Gasteiger partial charge in [-0.05, 0) is 36.6 Å². The standard InChI is InChI=1S/C20H21Cl2N3O4/c1-11(2)18(20(27)23-12(3)14-6-4-5-7-15(14)21)24-19(26)13-8-9-16(22)17(10-13)25(28)29/h4-12,18H,1-3H3,(H,23,27)(H,24,26)/t12?,18-/m0/s1. The van der Waals surface area contributed by atoms with E-state index in [1.165, 1.54) is 12.1 Å². The van der Waals surface area contributed by atoms with E-state index in [0.717, 1.165) is 11.6 Å². The zero-order chi connectivity index (χ0) is 21.7. The molecule has 0 saturated carbocycles. The van der Waals surface area contributed by atoms with Crippen LogP contribution >= 0.6 is 23.2 Å². The number of nitrogens with one attached hydrogen (secondary N) is 2. The van der Waals surface area contributed by atoms with Gasteiger partial charge < -0.3 is 10.6 Å². The van der Waals surface area contributed by atoms with Crippen LogP contribution in [0, 0.1) is 16.0 Å². The third-order valence-corrected chi connectivity index (χ3v) is 5.04. The summed E-state index contributed by atoms with van der Waals surface area (Å²) in [6, 6.07) is 9.66. The normalized spacial score (nSPS) is 12.9. The van der Waals surface area contributed by atoms with E-state index < -0.39 is 16.9 Å². The molecule has 29 heavy (non-hydrogen) atoms. The van der Waals surface area contributed by atoms with Gasteiger partial charge in [0, 0.05) is 16.7 Å². The van der Waals surface area contributed by atoms with E-state index in [2.05, 4.69) is 10.6 Å². The maximum absolute atomic E-state index is 12.8. The van der Waals surface area contributed by atoms with Crippen LogP contribution in [0.2, 0.25) is 10.0 Å². The second-order valence-electron chi connectivity index (χ2n) is 6.87. The van der Waals surface area contributed by atoms with Crippen LogP contribution in [0.4, 0.5) is 5.69 Å². The van der Waals surface area contributed by atoms with Crippen LogP contribution in [0.1, 0.15) is 42.7 Å². The predicted molar refractivity (Wildman–Crippen MR) is 112 cm³/mol. The first kappa shape index (κ1) is 22.6. The van der Waals surface area contributed by atoms with Crippen molar-refractivity contribution in [1.82, 2.24) is 10.6 Å². The number of hydrogen-bond acceptors (Lipinski definition) is 4. The van der Waals surface area contributed by atoms with Gasteiger partial charge in [0.15, 0.2) is 0 Å². The number of nitro groups is 1. The van der Waals surface area contributed by atoms with E-state index in [1.54, 1.807) is 32.9 Å². The summed E-state index contributed by atoms with van der Waals surface area (Å²) < 4.78 is 0. The molecule has 2 rings (SSSR count). The highest BCUT2D eigenvalue weighted by molar-refractivity contribution is 6.32. The number of carbonyl (C=O) groups is 2. The van der Waals surface area contributed by atoms with Crippen molar-refractivity contribution in [3.8, 4) is 0 Å². The lowest BCUT2D eigenvalue weighted by Crippen LogP contribution is -2.50. The van der Waals surface area contributed by atoms with Crippen molar-refractivity contribution < 1.29 is 14.5 Å². The van der Waals surface area contributed by atoms with Crippen LogP contribution in [0.3, 0.4) is 0 Å². The average Bonchev–Trinajstić information content (AvgIpc) is 2.65. The fraction of sp³-hybridized carbons (Fsp3) is 0.300. The van der Waals surface area contributed by atoms with Gasteiger partial charge in [-0.1, -0.05) is 55.2 Å². The maximum atomic E-state index is 12.8. The molecule has 0 saturated heterocycles. The molecule has 2 amide bonds. The molecule has 0 aliphatic carbocycles. The third kappa shape index (κ3) is 5.68. The molecule has 0 bridgehead atoms. The minimum absolute atomic E-state index is 0.0405. The van der Waals surface area contributed by atoms with Gasteiger partial charge in [-0.25, -0.2) is 0 Å². The summed E-state index contributed by atoms with van der Waals surface area (Å²) in [6.45, 7) is 5.37. The van der Waals surface area contributed by atoms with Crippen LogP contribution in [0.15, 0.2) is 42.5 Å². The minimum Gasteiger partial charge on any atom is -0.348 e. The lowest BCUT2D eigenvalue weighted by atomic mass is 10.0. The van der Waals surface area contributed by atoms with Crippen molar-refractivity contribution in [1.29, 1.82) is 0 Å². The van der Waals surface area contributed by atoms with Gasteiger partial charge in [-0.15, -0.1) is 0 Å². The second-order valence-corrected chi connectivity index (χ2v) is 7.68. The molecular weight excluding hydrogens is 417 g/mol. The zero-order valence-corrected chi connectivity index (χ0v) is 17.6. The number of nitrogens with zero attached hydrogens (tertiary/aromatic N) is 1. The molecule has 7 nitrogen and oxygen atoms in total. The Morgan fingerprint density at radius 3 is 2.24 bits per heavy atom. The minimum atomic E-state index is -0.845. The van der Waals surface area contributed by atoms with Crippen molar-refractivity contribution in [2.45, 2.75) is 32.9 Å². The summed E-state index contributed by atoms with van der Waals surface area (Å²) in [7, 11) is 0. The summed E-state index contributed by atoms with van der Waals surface area (Å²) in [4.78, 5) is 35.7. The molecule has 0 aliphatic heterocycles. The Labute approximate surface area is 178 Å². The van der Waals surface area contributed by atoms with E-state index in [4.69, 9.17) is 23.2 Å². The fourth-order valence-electron chi connectivity index (χ4n) is 2.76. The largest absolute Gasteiger partial charge is 0.348 e. The highest BCUT2D eigenvalue weighted by Crippen LogP contribution is 2.25. The Bertz CT molecular complexity index is 934. The first-order valence-electron chi connectivity index (χ1n) is 8.91. The summed E-state index contributed by atoms with van der Waals surface area (Å²) in [5.41, 5.74) is 0.417. The fourth-order valence-corrected chi connectivity index (χ4v) is 3.25. The van der Waals surface area contributed by atoms with Crippen LogP contribution < -0.4 is 10.6 Å². The molecule has 0 radical (unpaired) electrons. The molecule has 9 heteroatoms. The molecule has 2 aromatic rings. The summed E-state index contributed by atoms with van der Waals surface area (Å²) >= 11 is 12.0. The molecule has 154 valence electrons. The van der Waals surface area contributed by atoms with Crippen molar-refractivity contribution in [3.63, 3.8) is 0 Å². The van der Waals surface area contributed by atoms with Crippen LogP contribution in [0.5, 0.6) is 0 Å². The van der Waals surface area contributed by atoms with Crippen LogP contribution in [0.25, 0.3) is 0 Å². The molecule has 0 heterocycles. The SMILES string of the molecule is CC(NC(=O)[C@@H](NC(=O)c1ccc(Cl)c([N+](=O)[O-])c1)C(C)C)c1ccccc1Cl.